The molecule has 1 aliphatic rings. The molecule has 1 aliphatic carbocycles. The maximum absolute atomic E-state index is 12.6. The lowest BCUT2D eigenvalue weighted by Crippen LogP contribution is -2.35. The van der Waals surface area contributed by atoms with Crippen LogP contribution in [0.25, 0.3) is 0 Å². The number of nitrogens with one attached hydrogen (secondary N) is 2. The summed E-state index contributed by atoms with van der Waals surface area (Å²) >= 11 is 2.69. The van der Waals surface area contributed by atoms with Gasteiger partial charge >= 0.3 is 11.9 Å². The van der Waals surface area contributed by atoms with Crippen LogP contribution in [0.1, 0.15) is 62.0 Å². The first-order chi connectivity index (χ1) is 15.3. The van der Waals surface area contributed by atoms with Crippen LogP contribution in [0, 0.1) is 6.92 Å². The molecule has 172 valence electrons. The van der Waals surface area contributed by atoms with Crippen molar-refractivity contribution in [3.8, 4) is 0 Å². The maximum atomic E-state index is 12.6. The van der Waals surface area contributed by atoms with Gasteiger partial charge in [0.15, 0.2) is 6.10 Å². The number of fused-ring (bicyclic) bond motifs is 1. The molecule has 32 heavy (non-hydrogen) atoms. The number of rotatable bonds is 8. The molecule has 0 radical (unpaired) electrons. The molecule has 1 atom stereocenters. The van der Waals surface area contributed by atoms with Crippen LogP contribution in [0.4, 0.5) is 5.00 Å². The summed E-state index contributed by atoms with van der Waals surface area (Å²) in [6.07, 6.45) is 2.54. The molecule has 0 aliphatic heterocycles. The highest BCUT2D eigenvalue weighted by atomic mass is 32.1. The van der Waals surface area contributed by atoms with Crippen molar-refractivity contribution in [1.29, 1.82) is 0 Å². The van der Waals surface area contributed by atoms with E-state index in [0.717, 1.165) is 41.0 Å². The molecule has 3 rings (SSSR count). The summed E-state index contributed by atoms with van der Waals surface area (Å²) in [5.74, 6) is -2.12. The lowest BCUT2D eigenvalue weighted by Gasteiger charge is -2.14. The van der Waals surface area contributed by atoms with Gasteiger partial charge in [-0.25, -0.2) is 4.79 Å². The first kappa shape index (κ1) is 23.9. The third-order valence-electron chi connectivity index (χ3n) is 4.92. The normalized spacial score (nSPS) is 13.6. The average Bonchev–Trinajstić information content (AvgIpc) is 3.35. The van der Waals surface area contributed by atoms with E-state index in [4.69, 9.17) is 9.47 Å². The van der Waals surface area contributed by atoms with E-state index in [0.29, 0.717) is 15.4 Å². The van der Waals surface area contributed by atoms with Crippen LogP contribution in [0.2, 0.25) is 0 Å². The molecule has 0 saturated carbocycles. The zero-order valence-electron chi connectivity index (χ0n) is 18.2. The summed E-state index contributed by atoms with van der Waals surface area (Å²) in [6, 6.07) is 3.50. The van der Waals surface area contributed by atoms with Gasteiger partial charge in [-0.2, -0.15) is 0 Å². The van der Waals surface area contributed by atoms with Gasteiger partial charge in [0.2, 0.25) is 0 Å². The fourth-order valence-corrected chi connectivity index (χ4v) is 5.44. The molecule has 0 saturated heterocycles. The predicted molar refractivity (Wildman–Crippen MR) is 122 cm³/mol. The molecule has 2 amide bonds. The molecule has 8 nitrogen and oxygen atoms in total. The summed E-state index contributed by atoms with van der Waals surface area (Å²) in [5, 5.41) is 5.63. The zero-order valence-corrected chi connectivity index (χ0v) is 19.9. The minimum absolute atomic E-state index is 0.238. The summed E-state index contributed by atoms with van der Waals surface area (Å²) in [6.45, 7) is 4.94. The molecule has 2 aromatic rings. The molecule has 10 heteroatoms. The molecule has 1 unspecified atom stereocenters. The van der Waals surface area contributed by atoms with Crippen LogP contribution in [-0.2, 0) is 31.9 Å². The van der Waals surface area contributed by atoms with Crippen molar-refractivity contribution >= 4 is 51.4 Å². The van der Waals surface area contributed by atoms with Crippen molar-refractivity contribution in [3.05, 3.63) is 37.9 Å². The highest BCUT2D eigenvalue weighted by Crippen LogP contribution is 2.38. The lowest BCUT2D eigenvalue weighted by atomic mass is 9.95. The Morgan fingerprint density at radius 2 is 1.88 bits per heavy atom. The third-order valence-corrected chi connectivity index (χ3v) is 7.13. The molecule has 0 bridgehead atoms. The van der Waals surface area contributed by atoms with Crippen molar-refractivity contribution in [2.24, 2.45) is 0 Å². The Kier molecular flexibility index (Phi) is 8.03. The number of ether oxygens (including phenoxy) is 2. The molecule has 2 aromatic heterocycles. The van der Waals surface area contributed by atoms with Crippen molar-refractivity contribution in [1.82, 2.24) is 5.32 Å². The molecule has 2 heterocycles. The zero-order chi connectivity index (χ0) is 23.3. The van der Waals surface area contributed by atoms with E-state index >= 15 is 0 Å². The van der Waals surface area contributed by atoms with Crippen molar-refractivity contribution in [2.45, 2.75) is 52.6 Å². The van der Waals surface area contributed by atoms with Crippen molar-refractivity contribution < 1.29 is 28.7 Å². The van der Waals surface area contributed by atoms with Crippen LogP contribution in [0.15, 0.2) is 12.1 Å². The summed E-state index contributed by atoms with van der Waals surface area (Å²) in [5.41, 5.74) is 1.34. The van der Waals surface area contributed by atoms with Gasteiger partial charge in [0, 0.05) is 9.75 Å². The number of carbonyl (C=O) groups is 4. The second-order valence-electron chi connectivity index (χ2n) is 7.35. The lowest BCUT2D eigenvalue weighted by molar-refractivity contribution is -0.152. The highest BCUT2D eigenvalue weighted by Gasteiger charge is 2.28. The van der Waals surface area contributed by atoms with E-state index in [9.17, 15) is 19.2 Å². The standard InChI is InChI=1S/C22H26N2O6S2/c1-4-29-22(28)18-14-7-5-6-8-15(14)32-21(18)24-19(26)13(3)30-17(25)11-23-20(27)16-10-9-12(2)31-16/h9-10,13H,4-8,11H2,1-3H3,(H,23,27)(H,24,26). The minimum Gasteiger partial charge on any atom is -0.462 e. The number of hydrogen-bond acceptors (Lipinski definition) is 8. The first-order valence-corrected chi connectivity index (χ1v) is 12.1. The Balaban J connectivity index is 1.59. The van der Waals surface area contributed by atoms with Crippen molar-refractivity contribution in [3.63, 3.8) is 0 Å². The van der Waals surface area contributed by atoms with E-state index in [1.807, 2.05) is 13.0 Å². The smallest absolute Gasteiger partial charge is 0.341 e. The van der Waals surface area contributed by atoms with E-state index < -0.39 is 23.9 Å². The summed E-state index contributed by atoms with van der Waals surface area (Å²) in [4.78, 5) is 51.8. The quantitative estimate of drug-likeness (QED) is 0.562. The fourth-order valence-electron chi connectivity index (χ4n) is 3.38. The molecule has 0 aromatic carbocycles. The van der Waals surface area contributed by atoms with Gasteiger partial charge in [-0.15, -0.1) is 22.7 Å². The second kappa shape index (κ2) is 10.7. The number of carbonyl (C=O) groups excluding carboxylic acids is 4. The van der Waals surface area contributed by atoms with Crippen LogP contribution in [0.5, 0.6) is 0 Å². The highest BCUT2D eigenvalue weighted by molar-refractivity contribution is 7.17. The van der Waals surface area contributed by atoms with E-state index in [2.05, 4.69) is 10.6 Å². The van der Waals surface area contributed by atoms with Gasteiger partial charge in [-0.1, -0.05) is 0 Å². The predicted octanol–water partition coefficient (Wildman–Crippen LogP) is 3.47. The largest absolute Gasteiger partial charge is 0.462 e. The van der Waals surface area contributed by atoms with Gasteiger partial charge in [0.05, 0.1) is 17.0 Å². The Hall–Kier alpha value is -2.72. The number of amides is 2. The summed E-state index contributed by atoms with van der Waals surface area (Å²) < 4.78 is 10.3. The topological polar surface area (TPSA) is 111 Å². The SMILES string of the molecule is CCOC(=O)c1c(NC(=O)C(C)OC(=O)CNC(=O)c2ccc(C)s2)sc2c1CCCC2. The Morgan fingerprint density at radius 3 is 2.56 bits per heavy atom. The van der Waals surface area contributed by atoms with Crippen LogP contribution in [-0.4, -0.2) is 43.0 Å². The van der Waals surface area contributed by atoms with Gasteiger partial charge < -0.3 is 20.1 Å². The van der Waals surface area contributed by atoms with Gasteiger partial charge in [-0.05, 0) is 64.2 Å². The molecular formula is C22H26N2O6S2. The van der Waals surface area contributed by atoms with Crippen molar-refractivity contribution in [2.75, 3.05) is 18.5 Å². The Morgan fingerprint density at radius 1 is 1.12 bits per heavy atom. The van der Waals surface area contributed by atoms with Crippen LogP contribution >= 0.6 is 22.7 Å². The first-order valence-electron chi connectivity index (χ1n) is 10.5. The molecule has 2 N–H and O–H groups in total. The Bertz CT molecular complexity index is 1030. The fraction of sp³-hybridized carbons (Fsp3) is 0.455. The Labute approximate surface area is 194 Å². The number of esters is 2. The second-order valence-corrected chi connectivity index (χ2v) is 9.74. The van der Waals surface area contributed by atoms with Crippen LogP contribution in [0.3, 0.4) is 0 Å². The van der Waals surface area contributed by atoms with Gasteiger partial charge in [-0.3, -0.25) is 14.4 Å². The van der Waals surface area contributed by atoms with E-state index in [-0.39, 0.29) is 19.1 Å². The molecular weight excluding hydrogens is 452 g/mol. The average molecular weight is 479 g/mol. The molecule has 0 fully saturated rings. The third kappa shape index (κ3) is 5.74. The van der Waals surface area contributed by atoms with E-state index in [1.165, 1.54) is 29.6 Å². The number of anilines is 1. The number of hydrogen-bond donors (Lipinski definition) is 2. The van der Waals surface area contributed by atoms with E-state index in [1.54, 1.807) is 13.0 Å². The molecule has 0 spiro atoms. The minimum atomic E-state index is -1.10. The van der Waals surface area contributed by atoms with Crippen LogP contribution < -0.4 is 10.6 Å². The number of thiophene rings is 2. The summed E-state index contributed by atoms with van der Waals surface area (Å²) in [7, 11) is 0. The number of aryl methyl sites for hydroxylation is 2. The maximum Gasteiger partial charge on any atom is 0.341 e. The van der Waals surface area contributed by atoms with Gasteiger partial charge in [0.25, 0.3) is 11.8 Å². The van der Waals surface area contributed by atoms with Gasteiger partial charge in [0.1, 0.15) is 11.5 Å². The monoisotopic (exact) mass is 478 g/mol.